The zero-order valence-corrected chi connectivity index (χ0v) is 13.0. The van der Waals surface area contributed by atoms with Crippen molar-refractivity contribution in [3.8, 4) is 0 Å². The van der Waals surface area contributed by atoms with Gasteiger partial charge in [-0.15, -0.1) is 11.3 Å². The van der Waals surface area contributed by atoms with E-state index in [1.54, 1.807) is 23.7 Å². The van der Waals surface area contributed by atoms with E-state index in [1.165, 1.54) is 5.56 Å². The Labute approximate surface area is 130 Å². The van der Waals surface area contributed by atoms with Gasteiger partial charge in [0.15, 0.2) is 0 Å². The first-order valence-corrected chi connectivity index (χ1v) is 7.65. The van der Waals surface area contributed by atoms with E-state index in [-0.39, 0.29) is 0 Å². The number of benzene rings is 1. The minimum Gasteiger partial charge on any atom is -0.365 e. The first-order chi connectivity index (χ1) is 9.65. The zero-order chi connectivity index (χ0) is 14.1. The molecule has 0 radical (unpaired) electrons. The van der Waals surface area contributed by atoms with Gasteiger partial charge in [-0.25, -0.2) is 9.97 Å². The molecule has 0 fully saturated rings. The van der Waals surface area contributed by atoms with Crippen LogP contribution < -0.4 is 5.32 Å². The van der Waals surface area contributed by atoms with Crippen LogP contribution in [0.25, 0.3) is 10.2 Å². The van der Waals surface area contributed by atoms with E-state index in [4.69, 9.17) is 23.2 Å². The smallest absolute Gasteiger partial charge is 0.138 e. The standard InChI is InChI=1S/C14H11Cl2N3S/c1-8-6-20-14-12(8)13(18-7-19-14)17-5-9-2-3-10(15)4-11(9)16/h2-4,6-7H,5H2,1H3,(H,17,18,19). The Hall–Kier alpha value is -1.36. The molecule has 0 spiro atoms. The molecule has 0 aliphatic carbocycles. The molecule has 1 aromatic carbocycles. The highest BCUT2D eigenvalue weighted by atomic mass is 35.5. The van der Waals surface area contributed by atoms with E-state index in [1.807, 2.05) is 12.1 Å². The van der Waals surface area contributed by atoms with Crippen molar-refractivity contribution in [1.29, 1.82) is 0 Å². The number of rotatable bonds is 3. The van der Waals surface area contributed by atoms with Crippen LogP contribution in [-0.2, 0) is 6.54 Å². The number of halogens is 2. The predicted octanol–water partition coefficient (Wildman–Crippen LogP) is 4.92. The molecule has 0 amide bonds. The summed E-state index contributed by atoms with van der Waals surface area (Å²) in [6, 6.07) is 5.48. The summed E-state index contributed by atoms with van der Waals surface area (Å²) in [6.07, 6.45) is 1.57. The SMILES string of the molecule is Cc1csc2ncnc(NCc3ccc(Cl)cc3Cl)c12. The van der Waals surface area contributed by atoms with Crippen molar-refractivity contribution in [2.24, 2.45) is 0 Å². The van der Waals surface area contributed by atoms with Crippen LogP contribution in [0.1, 0.15) is 11.1 Å². The van der Waals surface area contributed by atoms with Gasteiger partial charge in [0.1, 0.15) is 17.0 Å². The highest BCUT2D eigenvalue weighted by Gasteiger charge is 2.09. The molecule has 102 valence electrons. The number of aromatic nitrogens is 2. The van der Waals surface area contributed by atoms with Crippen LogP contribution in [0, 0.1) is 6.92 Å². The third-order valence-corrected chi connectivity index (χ3v) is 4.61. The van der Waals surface area contributed by atoms with Crippen LogP contribution in [0.3, 0.4) is 0 Å². The maximum atomic E-state index is 6.17. The lowest BCUT2D eigenvalue weighted by Crippen LogP contribution is -2.02. The zero-order valence-electron chi connectivity index (χ0n) is 10.7. The minimum absolute atomic E-state index is 0.595. The molecule has 3 rings (SSSR count). The van der Waals surface area contributed by atoms with Gasteiger partial charge in [0.25, 0.3) is 0 Å². The molecule has 0 bridgehead atoms. The van der Waals surface area contributed by atoms with Crippen molar-refractivity contribution in [2.45, 2.75) is 13.5 Å². The summed E-state index contributed by atoms with van der Waals surface area (Å²) in [5, 5.41) is 7.76. The van der Waals surface area contributed by atoms with E-state index in [0.717, 1.165) is 21.6 Å². The lowest BCUT2D eigenvalue weighted by molar-refractivity contribution is 1.10. The summed E-state index contributed by atoms with van der Waals surface area (Å²) >= 11 is 13.7. The Bertz CT molecular complexity index is 770. The molecule has 0 unspecified atom stereocenters. The van der Waals surface area contributed by atoms with Gasteiger partial charge in [-0.1, -0.05) is 29.3 Å². The Balaban J connectivity index is 1.88. The van der Waals surface area contributed by atoms with E-state index in [9.17, 15) is 0 Å². The normalized spacial score (nSPS) is 10.9. The maximum absolute atomic E-state index is 6.17. The molecule has 3 nitrogen and oxygen atoms in total. The second-order valence-corrected chi connectivity index (χ2v) is 6.11. The van der Waals surface area contributed by atoms with E-state index < -0.39 is 0 Å². The largest absolute Gasteiger partial charge is 0.365 e. The third kappa shape index (κ3) is 2.59. The number of fused-ring (bicyclic) bond motifs is 1. The number of thiophene rings is 1. The molecule has 2 aromatic heterocycles. The number of nitrogens with one attached hydrogen (secondary N) is 1. The van der Waals surface area contributed by atoms with Crippen molar-refractivity contribution >= 4 is 50.6 Å². The summed E-state index contributed by atoms with van der Waals surface area (Å²) in [7, 11) is 0. The Morgan fingerprint density at radius 3 is 2.90 bits per heavy atom. The predicted molar refractivity (Wildman–Crippen MR) is 85.9 cm³/mol. The summed E-state index contributed by atoms with van der Waals surface area (Å²) in [5.74, 6) is 0.833. The topological polar surface area (TPSA) is 37.8 Å². The number of nitrogens with zero attached hydrogens (tertiary/aromatic N) is 2. The van der Waals surface area contributed by atoms with E-state index >= 15 is 0 Å². The van der Waals surface area contributed by atoms with Gasteiger partial charge >= 0.3 is 0 Å². The van der Waals surface area contributed by atoms with Crippen LogP contribution in [-0.4, -0.2) is 9.97 Å². The lowest BCUT2D eigenvalue weighted by Gasteiger charge is -2.09. The molecular weight excluding hydrogens is 313 g/mol. The summed E-state index contributed by atoms with van der Waals surface area (Å²) in [5.41, 5.74) is 2.16. The monoisotopic (exact) mass is 323 g/mol. The number of hydrogen-bond acceptors (Lipinski definition) is 4. The number of aryl methyl sites for hydroxylation is 1. The molecule has 0 aliphatic heterocycles. The van der Waals surface area contributed by atoms with Crippen molar-refractivity contribution in [2.75, 3.05) is 5.32 Å². The molecule has 0 atom stereocenters. The average molecular weight is 324 g/mol. The van der Waals surface area contributed by atoms with Crippen molar-refractivity contribution in [3.05, 3.63) is 51.1 Å². The van der Waals surface area contributed by atoms with Gasteiger partial charge in [-0.2, -0.15) is 0 Å². The van der Waals surface area contributed by atoms with Gasteiger partial charge in [-0.3, -0.25) is 0 Å². The average Bonchev–Trinajstić information content (AvgIpc) is 2.80. The lowest BCUT2D eigenvalue weighted by atomic mass is 10.2. The molecule has 1 N–H and O–H groups in total. The molecule has 20 heavy (non-hydrogen) atoms. The number of anilines is 1. The highest BCUT2D eigenvalue weighted by molar-refractivity contribution is 7.17. The number of hydrogen-bond donors (Lipinski definition) is 1. The van der Waals surface area contributed by atoms with Crippen LogP contribution in [0.5, 0.6) is 0 Å². The Kier molecular flexibility index (Phi) is 3.78. The molecule has 6 heteroatoms. The van der Waals surface area contributed by atoms with Crippen LogP contribution in [0.2, 0.25) is 10.0 Å². The first-order valence-electron chi connectivity index (χ1n) is 6.02. The Morgan fingerprint density at radius 2 is 2.10 bits per heavy atom. The van der Waals surface area contributed by atoms with Crippen molar-refractivity contribution in [3.63, 3.8) is 0 Å². The molecular formula is C14H11Cl2N3S. The second kappa shape index (κ2) is 5.56. The highest BCUT2D eigenvalue weighted by Crippen LogP contribution is 2.29. The van der Waals surface area contributed by atoms with Gasteiger partial charge in [-0.05, 0) is 35.6 Å². The van der Waals surface area contributed by atoms with Gasteiger partial charge in [0.05, 0.1) is 5.39 Å². The Morgan fingerprint density at radius 1 is 1.25 bits per heavy atom. The summed E-state index contributed by atoms with van der Waals surface area (Å²) < 4.78 is 0. The second-order valence-electron chi connectivity index (χ2n) is 4.41. The van der Waals surface area contributed by atoms with Gasteiger partial charge in [0, 0.05) is 16.6 Å². The van der Waals surface area contributed by atoms with Crippen molar-refractivity contribution < 1.29 is 0 Å². The van der Waals surface area contributed by atoms with Crippen molar-refractivity contribution in [1.82, 2.24) is 9.97 Å². The van der Waals surface area contributed by atoms with E-state index in [0.29, 0.717) is 16.6 Å². The molecule has 0 aliphatic rings. The fraction of sp³-hybridized carbons (Fsp3) is 0.143. The molecule has 2 heterocycles. The van der Waals surface area contributed by atoms with E-state index in [2.05, 4.69) is 27.6 Å². The van der Waals surface area contributed by atoms with Crippen LogP contribution >= 0.6 is 34.5 Å². The summed E-state index contributed by atoms with van der Waals surface area (Å²) in [4.78, 5) is 9.58. The molecule has 3 aromatic rings. The first kappa shape index (κ1) is 13.6. The third-order valence-electron chi connectivity index (χ3n) is 3.02. The fourth-order valence-electron chi connectivity index (χ4n) is 2.00. The maximum Gasteiger partial charge on any atom is 0.138 e. The van der Waals surface area contributed by atoms with Gasteiger partial charge < -0.3 is 5.32 Å². The minimum atomic E-state index is 0.595. The quantitative estimate of drug-likeness (QED) is 0.743. The van der Waals surface area contributed by atoms with Crippen LogP contribution in [0.15, 0.2) is 29.9 Å². The van der Waals surface area contributed by atoms with Gasteiger partial charge in [0.2, 0.25) is 0 Å². The fourth-order valence-corrected chi connectivity index (χ4v) is 3.36. The molecule has 0 saturated carbocycles. The molecule has 0 saturated heterocycles. The summed E-state index contributed by atoms with van der Waals surface area (Å²) in [6.45, 7) is 2.65. The van der Waals surface area contributed by atoms with Crippen LogP contribution in [0.4, 0.5) is 5.82 Å².